The van der Waals surface area contributed by atoms with Crippen molar-refractivity contribution in [1.82, 2.24) is 14.9 Å². The smallest absolute Gasteiger partial charge is 0.185 e. The Morgan fingerprint density at radius 1 is 1.08 bits per heavy atom. The van der Waals surface area contributed by atoms with E-state index in [1.807, 2.05) is 41.1 Å². The Kier molecular flexibility index (Phi) is 4.03. The minimum absolute atomic E-state index is 0.507. The van der Waals surface area contributed by atoms with Gasteiger partial charge in [0.05, 0.1) is 12.8 Å². The van der Waals surface area contributed by atoms with E-state index < -0.39 is 0 Å². The fourth-order valence-corrected chi connectivity index (χ4v) is 3.04. The topological polar surface area (TPSA) is 78.3 Å². The summed E-state index contributed by atoms with van der Waals surface area (Å²) in [5, 5.41) is 13.5. The molecule has 6 heteroatoms. The highest BCUT2D eigenvalue weighted by Crippen LogP contribution is 2.28. The largest absolute Gasteiger partial charge is 0.497 e. The van der Waals surface area contributed by atoms with Crippen molar-refractivity contribution < 1.29 is 4.74 Å². The maximum Gasteiger partial charge on any atom is 0.185 e. The van der Waals surface area contributed by atoms with Gasteiger partial charge in [-0.2, -0.15) is 9.78 Å². The van der Waals surface area contributed by atoms with E-state index in [0.29, 0.717) is 13.0 Å². The first-order valence-corrected chi connectivity index (χ1v) is 8.25. The van der Waals surface area contributed by atoms with E-state index in [4.69, 9.17) is 15.6 Å². The van der Waals surface area contributed by atoms with Gasteiger partial charge in [-0.15, -0.1) is 10.2 Å². The van der Waals surface area contributed by atoms with Gasteiger partial charge in [0.2, 0.25) is 0 Å². The fraction of sp³-hybridized carbons (Fsp3) is 0.211. The third-order valence-corrected chi connectivity index (χ3v) is 4.33. The molecule has 2 N–H and O–H groups in total. The van der Waals surface area contributed by atoms with Crippen LogP contribution < -0.4 is 10.5 Å². The lowest BCUT2D eigenvalue weighted by Gasteiger charge is -2.07. The Morgan fingerprint density at radius 3 is 2.64 bits per heavy atom. The van der Waals surface area contributed by atoms with E-state index in [2.05, 4.69) is 22.3 Å². The van der Waals surface area contributed by atoms with E-state index in [1.54, 1.807) is 7.11 Å². The van der Waals surface area contributed by atoms with Gasteiger partial charge in [-0.05, 0) is 41.9 Å². The zero-order chi connectivity index (χ0) is 17.2. The summed E-state index contributed by atoms with van der Waals surface area (Å²) in [7, 11) is 1.66. The summed E-state index contributed by atoms with van der Waals surface area (Å²) in [5.74, 6) is 2.37. The lowest BCUT2D eigenvalue weighted by atomic mass is 9.98. The van der Waals surface area contributed by atoms with Crippen LogP contribution in [0.3, 0.4) is 0 Å². The lowest BCUT2D eigenvalue weighted by molar-refractivity contribution is 0.415. The van der Waals surface area contributed by atoms with Crippen molar-refractivity contribution >= 4 is 5.71 Å². The Labute approximate surface area is 146 Å². The highest BCUT2D eigenvalue weighted by molar-refractivity contribution is 6.03. The van der Waals surface area contributed by atoms with E-state index >= 15 is 0 Å². The normalized spacial score (nSPS) is 12.8. The molecule has 0 spiro atoms. The highest BCUT2D eigenvalue weighted by atomic mass is 16.5. The van der Waals surface area contributed by atoms with Crippen LogP contribution in [0.15, 0.2) is 53.6 Å². The van der Waals surface area contributed by atoms with Crippen molar-refractivity contribution in [3.8, 4) is 17.1 Å². The molecule has 6 nitrogen and oxygen atoms in total. The summed E-state index contributed by atoms with van der Waals surface area (Å²) >= 11 is 0. The van der Waals surface area contributed by atoms with Gasteiger partial charge in [-0.25, -0.2) is 0 Å². The summed E-state index contributed by atoms with van der Waals surface area (Å²) in [6.07, 6.45) is 1.36. The van der Waals surface area contributed by atoms with Gasteiger partial charge < -0.3 is 10.5 Å². The van der Waals surface area contributed by atoms with Crippen LogP contribution in [0.5, 0.6) is 5.75 Å². The van der Waals surface area contributed by atoms with Crippen molar-refractivity contribution in [2.45, 2.75) is 12.8 Å². The number of hydrogen-bond acceptors (Lipinski definition) is 5. The Balaban J connectivity index is 1.87. The molecular formula is C19H19N5O. The molecule has 0 aliphatic carbocycles. The molecule has 0 amide bonds. The highest BCUT2D eigenvalue weighted by Gasteiger charge is 2.21. The van der Waals surface area contributed by atoms with Gasteiger partial charge in [-0.3, -0.25) is 0 Å². The summed E-state index contributed by atoms with van der Waals surface area (Å²) in [6.45, 7) is 0.507. The molecule has 0 fully saturated rings. The molecule has 0 radical (unpaired) electrons. The third-order valence-electron chi connectivity index (χ3n) is 4.33. The molecule has 1 aromatic heterocycles. The average Bonchev–Trinajstić information content (AvgIpc) is 2.96. The van der Waals surface area contributed by atoms with Crippen molar-refractivity contribution in [1.29, 1.82) is 0 Å². The minimum atomic E-state index is 0.507. The van der Waals surface area contributed by atoms with E-state index in [-0.39, 0.29) is 0 Å². The van der Waals surface area contributed by atoms with E-state index in [1.165, 1.54) is 5.56 Å². The molecule has 0 atom stereocenters. The molecule has 2 heterocycles. The van der Waals surface area contributed by atoms with Gasteiger partial charge in [0.1, 0.15) is 5.75 Å². The predicted octanol–water partition coefficient (Wildman–Crippen LogP) is 2.26. The molecule has 4 rings (SSSR count). The van der Waals surface area contributed by atoms with Crippen molar-refractivity contribution in [3.05, 3.63) is 65.5 Å². The van der Waals surface area contributed by atoms with Crippen LogP contribution in [0.4, 0.5) is 0 Å². The second-order valence-electron chi connectivity index (χ2n) is 5.90. The van der Waals surface area contributed by atoms with Crippen molar-refractivity contribution in [3.63, 3.8) is 0 Å². The second-order valence-corrected chi connectivity index (χ2v) is 5.90. The number of fused-ring (bicyclic) bond motifs is 3. The van der Waals surface area contributed by atoms with E-state index in [9.17, 15) is 0 Å². The molecule has 0 unspecified atom stereocenters. The summed E-state index contributed by atoms with van der Waals surface area (Å²) in [5.41, 5.74) is 9.98. The number of hydrogen-bond donors (Lipinski definition) is 1. The maximum absolute atomic E-state index is 5.72. The second kappa shape index (κ2) is 6.49. The first kappa shape index (κ1) is 15.5. The zero-order valence-electron chi connectivity index (χ0n) is 14.0. The molecule has 1 aliphatic rings. The van der Waals surface area contributed by atoms with Gasteiger partial charge in [0.15, 0.2) is 11.6 Å². The van der Waals surface area contributed by atoms with Crippen molar-refractivity contribution in [2.75, 3.05) is 13.7 Å². The van der Waals surface area contributed by atoms with Crippen LogP contribution in [-0.4, -0.2) is 34.2 Å². The minimum Gasteiger partial charge on any atom is -0.497 e. The molecule has 0 saturated carbocycles. The summed E-state index contributed by atoms with van der Waals surface area (Å²) in [6, 6.07) is 16.2. The molecule has 126 valence electrons. The molecule has 0 saturated heterocycles. The van der Waals surface area contributed by atoms with Gasteiger partial charge >= 0.3 is 0 Å². The first-order valence-electron chi connectivity index (χ1n) is 8.25. The fourth-order valence-electron chi connectivity index (χ4n) is 3.04. The summed E-state index contributed by atoms with van der Waals surface area (Å²) in [4.78, 5) is 0. The maximum atomic E-state index is 5.72. The first-order chi connectivity index (χ1) is 12.3. The standard InChI is InChI=1S/C19H19N5O/c1-25-15-8-6-13(7-9-15)17-12-14-4-2-3-5-16(14)19-22-21-18(10-11-20)24(19)23-17/h2-9H,10-12,20H2,1H3. The molecule has 2 aromatic carbocycles. The Morgan fingerprint density at radius 2 is 1.88 bits per heavy atom. The van der Waals surface area contributed by atoms with Crippen LogP contribution in [0.25, 0.3) is 11.4 Å². The number of methoxy groups -OCH3 is 1. The quantitative estimate of drug-likeness (QED) is 0.794. The molecule has 3 aromatic rings. The monoisotopic (exact) mass is 333 g/mol. The number of nitrogens with zero attached hydrogens (tertiary/aromatic N) is 4. The molecule has 0 bridgehead atoms. The van der Waals surface area contributed by atoms with Crippen LogP contribution in [0.2, 0.25) is 0 Å². The van der Waals surface area contributed by atoms with Gasteiger partial charge in [0, 0.05) is 18.4 Å². The predicted molar refractivity (Wildman–Crippen MR) is 96.8 cm³/mol. The number of rotatable bonds is 4. The number of aromatic nitrogens is 3. The zero-order valence-corrected chi connectivity index (χ0v) is 14.0. The SMILES string of the molecule is COc1ccc(C2=Nn3c(CCN)nnc3-c3ccccc3C2)cc1. The Hall–Kier alpha value is -2.99. The number of nitrogens with two attached hydrogens (primary N) is 1. The van der Waals surface area contributed by atoms with Crippen LogP contribution in [-0.2, 0) is 12.8 Å². The van der Waals surface area contributed by atoms with Crippen LogP contribution >= 0.6 is 0 Å². The number of ether oxygens (including phenoxy) is 1. The van der Waals surface area contributed by atoms with Gasteiger partial charge in [-0.1, -0.05) is 24.3 Å². The Bertz CT molecular complexity index is 927. The lowest BCUT2D eigenvalue weighted by Crippen LogP contribution is -2.11. The van der Waals surface area contributed by atoms with Crippen LogP contribution in [0.1, 0.15) is 17.0 Å². The average molecular weight is 333 g/mol. The van der Waals surface area contributed by atoms with E-state index in [0.717, 1.165) is 40.7 Å². The number of benzene rings is 2. The molecule has 1 aliphatic heterocycles. The summed E-state index contributed by atoms with van der Waals surface area (Å²) < 4.78 is 7.09. The molecule has 25 heavy (non-hydrogen) atoms. The molecular weight excluding hydrogens is 314 g/mol. The van der Waals surface area contributed by atoms with Crippen LogP contribution in [0, 0.1) is 0 Å². The van der Waals surface area contributed by atoms with Gasteiger partial charge in [0.25, 0.3) is 0 Å². The third kappa shape index (κ3) is 2.81. The van der Waals surface area contributed by atoms with Crippen molar-refractivity contribution in [2.24, 2.45) is 10.8 Å².